The number of hydrogen-bond acceptors (Lipinski definition) is 5. The van der Waals surface area contributed by atoms with Crippen LogP contribution in [0.4, 0.5) is 0 Å². The minimum Gasteiger partial charge on any atom is -0.383 e. The molecule has 2 N–H and O–H groups in total. The molecule has 7 heteroatoms. The van der Waals surface area contributed by atoms with Crippen LogP contribution in [-0.4, -0.2) is 56.0 Å². The fraction of sp³-hybridized carbons (Fsp3) is 0.667. The number of carbonyl (C=O) groups excluding carboxylic acids is 1. The largest absolute Gasteiger partial charge is 0.383 e. The van der Waals surface area contributed by atoms with Crippen LogP contribution in [0.1, 0.15) is 5.69 Å². The van der Waals surface area contributed by atoms with Crippen molar-refractivity contribution in [3.63, 3.8) is 0 Å². The van der Waals surface area contributed by atoms with Gasteiger partial charge in [0.05, 0.1) is 25.2 Å². The Labute approximate surface area is 113 Å². The summed E-state index contributed by atoms with van der Waals surface area (Å²) in [4.78, 5) is 15.7. The van der Waals surface area contributed by atoms with Gasteiger partial charge in [-0.3, -0.25) is 4.79 Å². The molecule has 1 heterocycles. The van der Waals surface area contributed by atoms with Crippen LogP contribution in [0.2, 0.25) is 0 Å². The lowest BCUT2D eigenvalue weighted by molar-refractivity contribution is -0.121. The van der Waals surface area contributed by atoms with Crippen molar-refractivity contribution < 1.29 is 14.3 Å². The Morgan fingerprint density at radius 2 is 2.05 bits per heavy atom. The number of amides is 1. The van der Waals surface area contributed by atoms with E-state index in [1.165, 1.54) is 0 Å². The Balaban J connectivity index is 2.33. The van der Waals surface area contributed by atoms with Crippen LogP contribution in [0.25, 0.3) is 0 Å². The monoisotopic (exact) mass is 270 g/mol. The van der Waals surface area contributed by atoms with E-state index in [1.807, 2.05) is 4.57 Å². The second kappa shape index (κ2) is 9.48. The van der Waals surface area contributed by atoms with Crippen molar-refractivity contribution in [2.75, 3.05) is 40.5 Å². The number of hydrogen-bond donors (Lipinski definition) is 2. The van der Waals surface area contributed by atoms with Crippen LogP contribution >= 0.6 is 0 Å². The minimum absolute atomic E-state index is 0.0480. The molecule has 7 nitrogen and oxygen atoms in total. The molecular weight excluding hydrogens is 248 g/mol. The highest BCUT2D eigenvalue weighted by molar-refractivity contribution is 5.75. The predicted octanol–water partition coefficient (Wildman–Crippen LogP) is -0.618. The molecule has 19 heavy (non-hydrogen) atoms. The average molecular weight is 270 g/mol. The third-order valence-electron chi connectivity index (χ3n) is 2.53. The number of nitrogens with one attached hydrogen (secondary N) is 2. The van der Waals surface area contributed by atoms with Crippen LogP contribution in [0.15, 0.2) is 12.5 Å². The van der Waals surface area contributed by atoms with Crippen molar-refractivity contribution >= 4 is 5.91 Å². The molecule has 0 spiro atoms. The van der Waals surface area contributed by atoms with Gasteiger partial charge in [0.1, 0.15) is 6.54 Å². The summed E-state index contributed by atoms with van der Waals surface area (Å²) >= 11 is 0. The lowest BCUT2D eigenvalue weighted by atomic mass is 10.4. The summed E-state index contributed by atoms with van der Waals surface area (Å²) in [6, 6.07) is 0. The number of methoxy groups -OCH3 is 2. The maximum Gasteiger partial charge on any atom is 0.240 e. The fourth-order valence-electron chi connectivity index (χ4n) is 1.53. The topological polar surface area (TPSA) is 77.4 Å². The number of aromatic nitrogens is 2. The van der Waals surface area contributed by atoms with Crippen LogP contribution in [-0.2, 0) is 27.4 Å². The van der Waals surface area contributed by atoms with Crippen molar-refractivity contribution in [3.05, 3.63) is 18.2 Å². The number of imidazole rings is 1. The van der Waals surface area contributed by atoms with Gasteiger partial charge in [0.2, 0.25) is 5.91 Å². The number of rotatable bonds is 10. The van der Waals surface area contributed by atoms with Gasteiger partial charge in [-0.15, -0.1) is 0 Å². The molecule has 1 amide bonds. The van der Waals surface area contributed by atoms with E-state index in [-0.39, 0.29) is 12.5 Å². The van der Waals surface area contributed by atoms with E-state index in [2.05, 4.69) is 15.6 Å². The number of nitrogens with zero attached hydrogens (tertiary/aromatic N) is 2. The molecule has 1 rings (SSSR count). The molecule has 1 aromatic heterocycles. The number of ether oxygens (including phenoxy) is 2. The molecule has 0 aliphatic carbocycles. The van der Waals surface area contributed by atoms with Gasteiger partial charge >= 0.3 is 0 Å². The molecule has 0 saturated carbocycles. The Bertz CT molecular complexity index is 368. The smallest absolute Gasteiger partial charge is 0.240 e. The van der Waals surface area contributed by atoms with Gasteiger partial charge in [0, 0.05) is 40.1 Å². The minimum atomic E-state index is -0.0480. The van der Waals surface area contributed by atoms with Crippen molar-refractivity contribution in [1.29, 1.82) is 0 Å². The first-order valence-corrected chi connectivity index (χ1v) is 6.22. The first kappa shape index (κ1) is 15.6. The Morgan fingerprint density at radius 1 is 1.32 bits per heavy atom. The van der Waals surface area contributed by atoms with Crippen LogP contribution in [0, 0.1) is 0 Å². The van der Waals surface area contributed by atoms with Gasteiger partial charge in [0.25, 0.3) is 0 Å². The standard InChI is InChI=1S/C12H22N4O3/c1-18-5-3-13-7-11-8-14-10-16(11)9-12(17)15-4-6-19-2/h8,10,13H,3-7,9H2,1-2H3,(H,15,17). The van der Waals surface area contributed by atoms with E-state index in [1.54, 1.807) is 26.7 Å². The SMILES string of the molecule is COCCNCc1cncn1CC(=O)NCCOC. The van der Waals surface area contributed by atoms with E-state index < -0.39 is 0 Å². The van der Waals surface area contributed by atoms with Gasteiger partial charge in [-0.25, -0.2) is 4.98 Å². The first-order valence-electron chi connectivity index (χ1n) is 6.22. The predicted molar refractivity (Wildman–Crippen MR) is 70.7 cm³/mol. The second-order valence-corrected chi connectivity index (χ2v) is 4.03. The zero-order valence-electron chi connectivity index (χ0n) is 11.5. The van der Waals surface area contributed by atoms with E-state index >= 15 is 0 Å². The molecular formula is C12H22N4O3. The van der Waals surface area contributed by atoms with E-state index in [9.17, 15) is 4.79 Å². The van der Waals surface area contributed by atoms with Gasteiger partial charge < -0.3 is 24.7 Å². The Kier molecular flexibility index (Phi) is 7.80. The summed E-state index contributed by atoms with van der Waals surface area (Å²) in [5.41, 5.74) is 0.970. The summed E-state index contributed by atoms with van der Waals surface area (Å²) < 4.78 is 11.6. The molecule has 0 fully saturated rings. The van der Waals surface area contributed by atoms with Gasteiger partial charge in [-0.05, 0) is 0 Å². The van der Waals surface area contributed by atoms with Gasteiger partial charge in [-0.1, -0.05) is 0 Å². The van der Waals surface area contributed by atoms with E-state index in [0.717, 1.165) is 12.2 Å². The van der Waals surface area contributed by atoms with Gasteiger partial charge in [-0.2, -0.15) is 0 Å². The molecule has 0 aliphatic rings. The molecule has 1 aromatic rings. The summed E-state index contributed by atoms with van der Waals surface area (Å²) in [7, 11) is 3.27. The molecule has 0 saturated heterocycles. The maximum atomic E-state index is 11.7. The number of carbonyl (C=O) groups is 1. The Hall–Kier alpha value is -1.44. The zero-order valence-corrected chi connectivity index (χ0v) is 11.5. The van der Waals surface area contributed by atoms with E-state index in [4.69, 9.17) is 9.47 Å². The average Bonchev–Trinajstić information content (AvgIpc) is 2.82. The molecule has 0 aromatic carbocycles. The molecule has 0 atom stereocenters. The van der Waals surface area contributed by atoms with E-state index in [0.29, 0.717) is 26.3 Å². The zero-order chi connectivity index (χ0) is 13.9. The lowest BCUT2D eigenvalue weighted by Crippen LogP contribution is -2.31. The van der Waals surface area contributed by atoms with Crippen LogP contribution in [0.3, 0.4) is 0 Å². The van der Waals surface area contributed by atoms with Crippen molar-refractivity contribution in [2.45, 2.75) is 13.1 Å². The fourth-order valence-corrected chi connectivity index (χ4v) is 1.53. The van der Waals surface area contributed by atoms with Crippen LogP contribution < -0.4 is 10.6 Å². The highest BCUT2D eigenvalue weighted by Gasteiger charge is 2.06. The quantitative estimate of drug-likeness (QED) is 0.554. The third kappa shape index (κ3) is 6.32. The normalized spacial score (nSPS) is 10.6. The summed E-state index contributed by atoms with van der Waals surface area (Å²) in [6.07, 6.45) is 3.41. The van der Waals surface area contributed by atoms with Crippen molar-refractivity contribution in [1.82, 2.24) is 20.2 Å². The first-order chi connectivity index (χ1) is 9.27. The van der Waals surface area contributed by atoms with Crippen molar-refractivity contribution in [2.24, 2.45) is 0 Å². The summed E-state index contributed by atoms with van der Waals surface area (Å²) in [5.74, 6) is -0.0480. The van der Waals surface area contributed by atoms with Crippen LogP contribution in [0.5, 0.6) is 0 Å². The molecule has 0 aliphatic heterocycles. The second-order valence-electron chi connectivity index (χ2n) is 4.03. The third-order valence-corrected chi connectivity index (χ3v) is 2.53. The lowest BCUT2D eigenvalue weighted by Gasteiger charge is -2.09. The summed E-state index contributed by atoms with van der Waals surface area (Å²) in [5, 5.41) is 5.99. The molecule has 108 valence electrons. The Morgan fingerprint density at radius 3 is 2.79 bits per heavy atom. The molecule has 0 unspecified atom stereocenters. The van der Waals surface area contributed by atoms with Gasteiger partial charge in [0.15, 0.2) is 0 Å². The highest BCUT2D eigenvalue weighted by Crippen LogP contribution is 1.98. The highest BCUT2D eigenvalue weighted by atomic mass is 16.5. The van der Waals surface area contributed by atoms with Crippen molar-refractivity contribution in [3.8, 4) is 0 Å². The maximum absolute atomic E-state index is 11.7. The molecule has 0 bridgehead atoms. The molecule has 0 radical (unpaired) electrons. The summed E-state index contributed by atoms with van der Waals surface area (Å²) in [6.45, 7) is 3.39.